The molecule has 1 N–H and O–H groups in total. The lowest BCUT2D eigenvalue weighted by atomic mass is 10.1. The fraction of sp³-hybridized carbons (Fsp3) is 0.250. The number of aromatic nitrogens is 1. The minimum atomic E-state index is -0.153. The van der Waals surface area contributed by atoms with Crippen LogP contribution >= 0.6 is 35.0 Å². The van der Waals surface area contributed by atoms with E-state index in [-0.39, 0.29) is 5.91 Å². The van der Waals surface area contributed by atoms with Crippen molar-refractivity contribution in [1.82, 2.24) is 4.98 Å². The van der Waals surface area contributed by atoms with E-state index in [0.717, 1.165) is 4.90 Å². The van der Waals surface area contributed by atoms with E-state index in [4.69, 9.17) is 23.2 Å². The summed E-state index contributed by atoms with van der Waals surface area (Å²) in [5.74, 6) is 0.482. The first-order valence-corrected chi connectivity index (χ1v) is 8.43. The van der Waals surface area contributed by atoms with Gasteiger partial charge in [-0.1, -0.05) is 29.3 Å². The maximum Gasteiger partial charge on any atom is 0.235 e. The van der Waals surface area contributed by atoms with Crippen LogP contribution in [0.3, 0.4) is 0 Å². The van der Waals surface area contributed by atoms with E-state index in [1.165, 1.54) is 22.9 Å². The monoisotopic (exact) mass is 354 g/mol. The van der Waals surface area contributed by atoms with Crippen molar-refractivity contribution < 1.29 is 4.79 Å². The summed E-state index contributed by atoms with van der Waals surface area (Å²) < 4.78 is 0. The Hall–Kier alpha value is -1.23. The number of hydrogen-bond acceptors (Lipinski definition) is 3. The van der Waals surface area contributed by atoms with Crippen LogP contribution in [0.2, 0.25) is 10.0 Å². The molecule has 1 aromatic carbocycles. The maximum absolute atomic E-state index is 12.0. The third-order valence-electron chi connectivity index (χ3n) is 3.21. The largest absolute Gasteiger partial charge is 0.309 e. The second-order valence-electron chi connectivity index (χ2n) is 4.97. The molecule has 0 saturated carbocycles. The predicted octanol–water partition coefficient (Wildman–Crippen LogP) is 5.04. The van der Waals surface area contributed by atoms with Crippen LogP contribution in [0.15, 0.2) is 29.2 Å². The average molecular weight is 355 g/mol. The number of hydrogen-bond donors (Lipinski definition) is 1. The summed E-state index contributed by atoms with van der Waals surface area (Å²) in [6.07, 6.45) is 0. The van der Waals surface area contributed by atoms with Crippen molar-refractivity contribution in [2.45, 2.75) is 25.7 Å². The molecule has 0 radical (unpaired) electrons. The molecule has 0 saturated heterocycles. The Morgan fingerprint density at radius 3 is 2.55 bits per heavy atom. The molecule has 0 unspecified atom stereocenters. The zero-order chi connectivity index (χ0) is 16.3. The van der Waals surface area contributed by atoms with Gasteiger partial charge in [0.25, 0.3) is 0 Å². The molecule has 2 aromatic rings. The second kappa shape index (κ2) is 7.36. The van der Waals surface area contributed by atoms with Crippen molar-refractivity contribution in [1.29, 1.82) is 0 Å². The first-order valence-electron chi connectivity index (χ1n) is 6.69. The van der Waals surface area contributed by atoms with Gasteiger partial charge in [-0.05, 0) is 50.1 Å². The number of amides is 1. The molecule has 22 heavy (non-hydrogen) atoms. The molecule has 0 aliphatic carbocycles. The van der Waals surface area contributed by atoms with Gasteiger partial charge in [0.05, 0.1) is 21.5 Å². The van der Waals surface area contributed by atoms with Crippen LogP contribution in [-0.4, -0.2) is 16.6 Å². The molecule has 0 aliphatic rings. The SMILES string of the molecule is Cc1ccc(SCC(=O)Nc2nc(C)c(Cl)cc2Cl)cc1C. The molecule has 3 nitrogen and oxygen atoms in total. The number of halogens is 2. The molecule has 0 bridgehead atoms. The Bertz CT molecular complexity index is 720. The number of thioether (sulfide) groups is 1. The first kappa shape index (κ1) is 17.1. The molecule has 0 aliphatic heterocycles. The number of anilines is 1. The molecule has 1 aromatic heterocycles. The highest BCUT2D eigenvalue weighted by atomic mass is 35.5. The van der Waals surface area contributed by atoms with Crippen molar-refractivity contribution >= 4 is 46.7 Å². The molecule has 1 heterocycles. The van der Waals surface area contributed by atoms with Crippen molar-refractivity contribution in [2.24, 2.45) is 0 Å². The van der Waals surface area contributed by atoms with Crippen LogP contribution < -0.4 is 5.32 Å². The van der Waals surface area contributed by atoms with Crippen molar-refractivity contribution in [3.63, 3.8) is 0 Å². The van der Waals surface area contributed by atoms with Gasteiger partial charge in [-0.25, -0.2) is 4.98 Å². The Labute approximate surface area is 144 Å². The topological polar surface area (TPSA) is 42.0 Å². The molecular formula is C16H16Cl2N2OS. The first-order chi connectivity index (χ1) is 10.4. The number of aryl methyl sites for hydroxylation is 3. The van der Waals surface area contributed by atoms with Gasteiger partial charge in [0.2, 0.25) is 5.91 Å². The fourth-order valence-corrected chi connectivity index (χ4v) is 2.97. The molecule has 0 spiro atoms. The molecule has 2 rings (SSSR count). The van der Waals surface area contributed by atoms with Crippen LogP contribution in [0.5, 0.6) is 0 Å². The summed E-state index contributed by atoms with van der Waals surface area (Å²) in [6.45, 7) is 5.88. The van der Waals surface area contributed by atoms with Crippen LogP contribution in [0.4, 0.5) is 5.82 Å². The lowest BCUT2D eigenvalue weighted by Crippen LogP contribution is -2.15. The van der Waals surface area contributed by atoms with Crippen molar-refractivity contribution in [3.05, 3.63) is 51.1 Å². The van der Waals surface area contributed by atoms with Crippen molar-refractivity contribution in [2.75, 3.05) is 11.1 Å². The molecule has 0 fully saturated rings. The van der Waals surface area contributed by atoms with Crippen LogP contribution in [0.1, 0.15) is 16.8 Å². The molecule has 116 valence electrons. The van der Waals surface area contributed by atoms with Crippen LogP contribution in [0, 0.1) is 20.8 Å². The highest BCUT2D eigenvalue weighted by Crippen LogP contribution is 2.26. The predicted molar refractivity (Wildman–Crippen MR) is 94.3 cm³/mol. The van der Waals surface area contributed by atoms with E-state index >= 15 is 0 Å². The number of carbonyl (C=O) groups is 1. The Kier molecular flexibility index (Phi) is 5.73. The zero-order valence-corrected chi connectivity index (χ0v) is 14.9. The van der Waals surface area contributed by atoms with E-state index in [1.54, 1.807) is 13.0 Å². The highest BCUT2D eigenvalue weighted by molar-refractivity contribution is 8.00. The standard InChI is InChI=1S/C16H16Cl2N2OS/c1-9-4-5-12(6-10(9)2)22-8-15(21)20-16-14(18)7-13(17)11(3)19-16/h4-7H,8H2,1-3H3,(H,19,20,21). The summed E-state index contributed by atoms with van der Waals surface area (Å²) in [5, 5.41) is 3.53. The zero-order valence-electron chi connectivity index (χ0n) is 12.5. The summed E-state index contributed by atoms with van der Waals surface area (Å²) in [4.78, 5) is 17.3. The van der Waals surface area contributed by atoms with E-state index in [1.807, 2.05) is 6.07 Å². The third kappa shape index (κ3) is 4.38. The normalized spacial score (nSPS) is 10.6. The third-order valence-corrected chi connectivity index (χ3v) is 4.88. The van der Waals surface area contributed by atoms with Gasteiger partial charge in [-0.2, -0.15) is 0 Å². The number of benzene rings is 1. The number of nitrogens with zero attached hydrogens (tertiary/aromatic N) is 1. The van der Waals surface area contributed by atoms with Gasteiger partial charge in [0.15, 0.2) is 5.82 Å². The minimum absolute atomic E-state index is 0.153. The average Bonchev–Trinajstić information content (AvgIpc) is 2.46. The second-order valence-corrected chi connectivity index (χ2v) is 6.83. The smallest absolute Gasteiger partial charge is 0.235 e. The Morgan fingerprint density at radius 2 is 1.86 bits per heavy atom. The molecule has 0 atom stereocenters. The van der Waals surface area contributed by atoms with E-state index < -0.39 is 0 Å². The number of rotatable bonds is 4. The fourth-order valence-electron chi connectivity index (χ4n) is 1.77. The van der Waals surface area contributed by atoms with Crippen molar-refractivity contribution in [3.8, 4) is 0 Å². The van der Waals surface area contributed by atoms with Gasteiger partial charge in [-0.15, -0.1) is 11.8 Å². The highest BCUT2D eigenvalue weighted by Gasteiger charge is 2.10. The number of pyridine rings is 1. The summed E-state index contributed by atoms with van der Waals surface area (Å²) in [5.41, 5.74) is 3.08. The lowest BCUT2D eigenvalue weighted by Gasteiger charge is -2.09. The van der Waals surface area contributed by atoms with Gasteiger partial charge < -0.3 is 5.32 Å². The summed E-state index contributed by atoms with van der Waals surface area (Å²) in [7, 11) is 0. The Morgan fingerprint density at radius 1 is 1.14 bits per heavy atom. The van der Waals surface area contributed by atoms with Gasteiger partial charge in [0, 0.05) is 4.90 Å². The number of nitrogens with one attached hydrogen (secondary N) is 1. The number of carbonyl (C=O) groups excluding carboxylic acids is 1. The van der Waals surface area contributed by atoms with Gasteiger partial charge in [-0.3, -0.25) is 4.79 Å². The quantitative estimate of drug-likeness (QED) is 0.781. The van der Waals surface area contributed by atoms with Gasteiger partial charge in [0.1, 0.15) is 0 Å². The minimum Gasteiger partial charge on any atom is -0.309 e. The summed E-state index contributed by atoms with van der Waals surface area (Å²) >= 11 is 13.4. The summed E-state index contributed by atoms with van der Waals surface area (Å²) in [6, 6.07) is 7.72. The van der Waals surface area contributed by atoms with E-state index in [9.17, 15) is 4.79 Å². The van der Waals surface area contributed by atoms with E-state index in [2.05, 4.69) is 36.3 Å². The molecular weight excluding hydrogens is 339 g/mol. The van der Waals surface area contributed by atoms with Crippen LogP contribution in [0.25, 0.3) is 0 Å². The molecule has 6 heteroatoms. The van der Waals surface area contributed by atoms with E-state index in [0.29, 0.717) is 27.3 Å². The lowest BCUT2D eigenvalue weighted by molar-refractivity contribution is -0.113. The van der Waals surface area contributed by atoms with Crippen LogP contribution in [-0.2, 0) is 4.79 Å². The maximum atomic E-state index is 12.0. The van der Waals surface area contributed by atoms with Gasteiger partial charge >= 0.3 is 0 Å². The molecule has 1 amide bonds. The Balaban J connectivity index is 1.98.